The monoisotopic (exact) mass is 428 g/mol. The van der Waals surface area contributed by atoms with Crippen molar-refractivity contribution in [2.75, 3.05) is 13.1 Å². The van der Waals surface area contributed by atoms with E-state index in [1.165, 1.54) is 6.07 Å². The third kappa shape index (κ3) is 4.28. The highest BCUT2D eigenvalue weighted by Crippen LogP contribution is 2.22. The van der Waals surface area contributed by atoms with Gasteiger partial charge in [-0.05, 0) is 32.3 Å². The maximum Gasteiger partial charge on any atom is 0.275 e. The van der Waals surface area contributed by atoms with E-state index in [2.05, 4.69) is 15.2 Å². The molecule has 3 aromatic rings. The first-order chi connectivity index (χ1) is 14.8. The van der Waals surface area contributed by atoms with Crippen LogP contribution >= 0.6 is 0 Å². The first kappa shape index (κ1) is 21.0. The predicted octanol–water partition coefficient (Wildman–Crippen LogP) is 1.65. The molecular formula is C21H25FN6O3. The summed E-state index contributed by atoms with van der Waals surface area (Å²) in [6.07, 6.45) is 5.73. The van der Waals surface area contributed by atoms with Crippen molar-refractivity contribution in [1.82, 2.24) is 29.3 Å². The maximum absolute atomic E-state index is 14.1. The number of ketones is 1. The number of carbonyl (C=O) groups excluding carboxylic acids is 2. The summed E-state index contributed by atoms with van der Waals surface area (Å²) in [7, 11) is 1.78. The number of hydrogen-bond donors (Lipinski definition) is 1. The Morgan fingerprint density at radius 3 is 2.71 bits per heavy atom. The van der Waals surface area contributed by atoms with Crippen molar-refractivity contribution in [2.24, 2.45) is 13.0 Å². The van der Waals surface area contributed by atoms with Crippen molar-refractivity contribution in [3.8, 4) is 0 Å². The lowest BCUT2D eigenvalue weighted by atomic mass is 9.90. The van der Waals surface area contributed by atoms with Gasteiger partial charge in [0.15, 0.2) is 5.78 Å². The maximum atomic E-state index is 14.1. The van der Waals surface area contributed by atoms with E-state index in [1.54, 1.807) is 35.9 Å². The second kappa shape index (κ2) is 8.44. The molecule has 0 atom stereocenters. The molecular weight excluding hydrogens is 403 g/mol. The van der Waals surface area contributed by atoms with Gasteiger partial charge in [-0.3, -0.25) is 19.1 Å². The van der Waals surface area contributed by atoms with Crippen LogP contribution in [0.4, 0.5) is 4.39 Å². The highest BCUT2D eigenvalue weighted by atomic mass is 19.1. The Bertz CT molecular complexity index is 1190. The van der Waals surface area contributed by atoms with Crippen LogP contribution in [0.1, 0.15) is 47.4 Å². The van der Waals surface area contributed by atoms with E-state index in [4.69, 9.17) is 0 Å². The molecule has 4 heterocycles. The van der Waals surface area contributed by atoms with E-state index in [-0.39, 0.29) is 23.1 Å². The average molecular weight is 428 g/mol. The quantitative estimate of drug-likeness (QED) is 0.601. The van der Waals surface area contributed by atoms with Gasteiger partial charge in [-0.2, -0.15) is 19.1 Å². The van der Waals surface area contributed by atoms with Crippen molar-refractivity contribution < 1.29 is 14.0 Å². The number of likely N-dealkylation sites (tertiary alicyclic amines) is 1. The number of amides is 1. The van der Waals surface area contributed by atoms with Crippen LogP contribution in [-0.4, -0.2) is 54.1 Å². The van der Waals surface area contributed by atoms with E-state index in [0.717, 1.165) is 4.52 Å². The number of carbonyl (C=O) groups is 2. The summed E-state index contributed by atoms with van der Waals surface area (Å²) in [6.45, 7) is 2.67. The number of fused-ring (bicyclic) bond motifs is 1. The molecule has 0 radical (unpaired) electrons. The number of aromatic nitrogens is 5. The first-order valence-electron chi connectivity index (χ1n) is 10.4. The zero-order valence-electron chi connectivity index (χ0n) is 17.6. The van der Waals surface area contributed by atoms with Crippen LogP contribution in [0.2, 0.25) is 0 Å². The summed E-state index contributed by atoms with van der Waals surface area (Å²) in [4.78, 5) is 41.6. The van der Waals surface area contributed by atoms with E-state index in [1.807, 2.05) is 0 Å². The summed E-state index contributed by atoms with van der Waals surface area (Å²) in [5.74, 6) is -0.200. The summed E-state index contributed by atoms with van der Waals surface area (Å²) >= 11 is 0. The van der Waals surface area contributed by atoms with Crippen LogP contribution in [0.15, 0.2) is 23.3 Å². The number of nitrogens with zero attached hydrogens (tertiary/aromatic N) is 5. The Hall–Kier alpha value is -3.30. The minimum absolute atomic E-state index is 0.0127. The number of halogens is 1. The Morgan fingerprint density at radius 2 is 2.03 bits per heavy atom. The Balaban J connectivity index is 1.28. The van der Waals surface area contributed by atoms with Crippen LogP contribution < -0.4 is 5.56 Å². The predicted molar refractivity (Wildman–Crippen MR) is 110 cm³/mol. The van der Waals surface area contributed by atoms with Crippen molar-refractivity contribution in [3.05, 3.63) is 51.7 Å². The van der Waals surface area contributed by atoms with Gasteiger partial charge in [-0.1, -0.05) is 0 Å². The highest BCUT2D eigenvalue weighted by Gasteiger charge is 2.28. The first-order valence-corrected chi connectivity index (χ1v) is 10.4. The molecule has 9 nitrogen and oxygen atoms in total. The molecule has 0 aliphatic carbocycles. The highest BCUT2D eigenvalue weighted by molar-refractivity contribution is 5.97. The Labute approximate surface area is 177 Å². The van der Waals surface area contributed by atoms with E-state index in [0.29, 0.717) is 62.1 Å². The zero-order chi connectivity index (χ0) is 22.1. The fraction of sp³-hybridized carbons (Fsp3) is 0.476. The van der Waals surface area contributed by atoms with Gasteiger partial charge in [0.2, 0.25) is 11.9 Å². The molecule has 1 amide bonds. The van der Waals surface area contributed by atoms with Gasteiger partial charge in [0.1, 0.15) is 11.3 Å². The number of hydrogen-bond acceptors (Lipinski definition) is 5. The number of nitrogens with one attached hydrogen (secondary N) is 1. The van der Waals surface area contributed by atoms with E-state index >= 15 is 0 Å². The lowest BCUT2D eigenvalue weighted by molar-refractivity contribution is -0.132. The molecule has 1 aliphatic rings. The number of Topliss-reactive ketones (excluding diaryl/α,β-unsaturated/α-hetero) is 1. The topological polar surface area (TPSA) is 105 Å². The fourth-order valence-electron chi connectivity index (χ4n) is 4.05. The minimum Gasteiger partial charge on any atom is -0.343 e. The van der Waals surface area contributed by atoms with Crippen molar-refractivity contribution in [2.45, 2.75) is 39.0 Å². The molecule has 4 rings (SSSR count). The number of H-pyrrole nitrogens is 1. The molecule has 0 aromatic carbocycles. The fourth-order valence-corrected chi connectivity index (χ4v) is 4.05. The molecule has 1 saturated heterocycles. The van der Waals surface area contributed by atoms with E-state index < -0.39 is 11.5 Å². The molecule has 0 spiro atoms. The van der Waals surface area contributed by atoms with Gasteiger partial charge >= 0.3 is 0 Å². The average Bonchev–Trinajstić information content (AvgIpc) is 3.32. The van der Waals surface area contributed by atoms with Gasteiger partial charge in [-0.15, -0.1) is 0 Å². The third-order valence-electron chi connectivity index (χ3n) is 5.82. The van der Waals surface area contributed by atoms with Crippen LogP contribution in [-0.2, 0) is 18.3 Å². The van der Waals surface area contributed by atoms with Gasteiger partial charge < -0.3 is 9.88 Å². The van der Waals surface area contributed by atoms with Crippen LogP contribution in [0.3, 0.4) is 0 Å². The zero-order valence-corrected chi connectivity index (χ0v) is 17.6. The van der Waals surface area contributed by atoms with Crippen LogP contribution in [0.5, 0.6) is 0 Å². The lowest BCUT2D eigenvalue weighted by Crippen LogP contribution is -2.40. The van der Waals surface area contributed by atoms with Crippen molar-refractivity contribution in [3.63, 3.8) is 0 Å². The number of rotatable bonds is 6. The van der Waals surface area contributed by atoms with Gasteiger partial charge in [0.05, 0.1) is 11.8 Å². The summed E-state index contributed by atoms with van der Waals surface area (Å²) in [5.41, 5.74) is 0.734. The SMILES string of the molecule is Cc1cc2c(=O)[nH]c(CCCC(=O)N3CCC(C(=O)c4cnn(C)c4)CC3)nn2c1F. The standard InChI is InChI=1S/C21H25FN6O3/c1-13-10-16-21(31)24-17(25-28(16)20(13)22)4-3-5-18(29)27-8-6-14(7-9-27)19(30)15-11-23-26(2)12-15/h10-12,14H,3-9H2,1-2H3,(H,24,25,31). The molecule has 1 aliphatic heterocycles. The molecule has 0 unspecified atom stereocenters. The van der Waals surface area contributed by atoms with Gasteiger partial charge in [0, 0.05) is 50.7 Å². The number of piperidine rings is 1. The Kier molecular flexibility index (Phi) is 5.71. The molecule has 3 aromatic heterocycles. The normalized spacial score (nSPS) is 15.0. The van der Waals surface area contributed by atoms with Crippen LogP contribution in [0, 0.1) is 18.8 Å². The third-order valence-corrected chi connectivity index (χ3v) is 5.82. The lowest BCUT2D eigenvalue weighted by Gasteiger charge is -2.31. The molecule has 164 valence electrons. The second-order valence-corrected chi connectivity index (χ2v) is 8.09. The molecule has 1 fully saturated rings. The van der Waals surface area contributed by atoms with E-state index in [9.17, 15) is 18.8 Å². The minimum atomic E-state index is -0.554. The second-order valence-electron chi connectivity index (χ2n) is 8.09. The molecule has 1 N–H and O–H groups in total. The summed E-state index contributed by atoms with van der Waals surface area (Å²) < 4.78 is 16.7. The van der Waals surface area contributed by atoms with Crippen molar-refractivity contribution >= 4 is 17.2 Å². The van der Waals surface area contributed by atoms with Crippen molar-refractivity contribution in [1.29, 1.82) is 0 Å². The Morgan fingerprint density at radius 1 is 1.29 bits per heavy atom. The molecule has 31 heavy (non-hydrogen) atoms. The summed E-state index contributed by atoms with van der Waals surface area (Å²) in [6, 6.07) is 1.46. The smallest absolute Gasteiger partial charge is 0.275 e. The molecule has 0 saturated carbocycles. The number of aromatic amines is 1. The van der Waals surface area contributed by atoms with Crippen LogP contribution in [0.25, 0.3) is 5.52 Å². The van der Waals surface area contributed by atoms with Gasteiger partial charge in [0.25, 0.3) is 5.56 Å². The molecule has 10 heteroatoms. The number of aryl methyl sites for hydroxylation is 3. The summed E-state index contributed by atoms with van der Waals surface area (Å²) in [5, 5.41) is 8.19. The largest absolute Gasteiger partial charge is 0.343 e. The molecule has 0 bridgehead atoms. The van der Waals surface area contributed by atoms with Gasteiger partial charge in [-0.25, -0.2) is 0 Å².